The molecule has 4 rings (SSSR count). The highest BCUT2D eigenvalue weighted by molar-refractivity contribution is 9.12. The first-order valence-electron chi connectivity index (χ1n) is 9.90. The van der Waals surface area contributed by atoms with Crippen molar-refractivity contribution in [2.75, 3.05) is 6.54 Å². The summed E-state index contributed by atoms with van der Waals surface area (Å²) in [4.78, 5) is 15.2. The molecule has 2 aromatic heterocycles. The summed E-state index contributed by atoms with van der Waals surface area (Å²) in [5, 5.41) is 4.77. The standard InChI is InChI=1S/C23H24BrN3O/c1-2-18-12-6-8-14-26(18)23(28)20(24)16-19-21-13-7-9-15-27(21)25-22(19)17-10-4-3-5-11-17/h3-5,7,9-11,13,15-16,18H,2,6,8,12,14H2,1H3. The molecule has 0 N–H and O–H groups in total. The minimum Gasteiger partial charge on any atom is -0.335 e. The van der Waals surface area contributed by atoms with Crippen molar-refractivity contribution in [2.45, 2.75) is 38.6 Å². The van der Waals surface area contributed by atoms with Gasteiger partial charge in [-0.05, 0) is 59.8 Å². The zero-order valence-corrected chi connectivity index (χ0v) is 17.6. The Kier molecular flexibility index (Phi) is 5.62. The number of fused-ring (bicyclic) bond motifs is 1. The van der Waals surface area contributed by atoms with Crippen molar-refractivity contribution < 1.29 is 4.79 Å². The highest BCUT2D eigenvalue weighted by Crippen LogP contribution is 2.30. The van der Waals surface area contributed by atoms with E-state index in [1.165, 1.54) is 6.42 Å². The summed E-state index contributed by atoms with van der Waals surface area (Å²) < 4.78 is 2.46. The minimum absolute atomic E-state index is 0.0702. The van der Waals surface area contributed by atoms with Crippen LogP contribution in [-0.2, 0) is 4.79 Å². The quantitative estimate of drug-likeness (QED) is 0.503. The molecule has 1 saturated heterocycles. The molecule has 5 heteroatoms. The first kappa shape index (κ1) is 18.9. The highest BCUT2D eigenvalue weighted by Gasteiger charge is 2.27. The Labute approximate surface area is 174 Å². The lowest BCUT2D eigenvalue weighted by Crippen LogP contribution is -2.43. The zero-order valence-electron chi connectivity index (χ0n) is 16.0. The van der Waals surface area contributed by atoms with Gasteiger partial charge in [-0.15, -0.1) is 0 Å². The van der Waals surface area contributed by atoms with Crippen LogP contribution in [0.15, 0.2) is 59.2 Å². The molecular weight excluding hydrogens is 414 g/mol. The third-order valence-corrected chi connectivity index (χ3v) is 6.03. The van der Waals surface area contributed by atoms with E-state index in [1.54, 1.807) is 0 Å². The normalized spacial score (nSPS) is 17.9. The lowest BCUT2D eigenvalue weighted by atomic mass is 9.99. The molecule has 3 aromatic rings. The topological polar surface area (TPSA) is 37.6 Å². The Hall–Kier alpha value is -2.40. The predicted molar refractivity (Wildman–Crippen MR) is 117 cm³/mol. The Balaban J connectivity index is 1.76. The molecule has 28 heavy (non-hydrogen) atoms. The van der Waals surface area contributed by atoms with Crippen LogP contribution < -0.4 is 0 Å². The van der Waals surface area contributed by atoms with Crippen molar-refractivity contribution in [1.82, 2.24) is 14.5 Å². The van der Waals surface area contributed by atoms with E-state index in [-0.39, 0.29) is 5.91 Å². The number of benzene rings is 1. The smallest absolute Gasteiger partial charge is 0.261 e. The van der Waals surface area contributed by atoms with Crippen LogP contribution in [0.25, 0.3) is 22.9 Å². The number of aromatic nitrogens is 2. The van der Waals surface area contributed by atoms with Gasteiger partial charge in [0.05, 0.1) is 10.00 Å². The van der Waals surface area contributed by atoms with Crippen LogP contribution in [0.4, 0.5) is 0 Å². The molecule has 4 nitrogen and oxygen atoms in total. The third-order valence-electron chi connectivity index (χ3n) is 5.46. The van der Waals surface area contributed by atoms with Gasteiger partial charge >= 0.3 is 0 Å². The number of piperidine rings is 1. The summed E-state index contributed by atoms with van der Waals surface area (Å²) in [6.45, 7) is 2.99. The van der Waals surface area contributed by atoms with E-state index in [1.807, 2.05) is 70.2 Å². The Morgan fingerprint density at radius 1 is 1.18 bits per heavy atom. The lowest BCUT2D eigenvalue weighted by molar-refractivity contribution is -0.129. The van der Waals surface area contributed by atoms with Crippen molar-refractivity contribution in [2.24, 2.45) is 0 Å². The molecule has 1 aliphatic rings. The van der Waals surface area contributed by atoms with Gasteiger partial charge in [-0.2, -0.15) is 5.10 Å². The molecule has 1 atom stereocenters. The molecule has 1 aliphatic heterocycles. The van der Waals surface area contributed by atoms with Crippen LogP contribution in [0.3, 0.4) is 0 Å². The van der Waals surface area contributed by atoms with E-state index in [2.05, 4.69) is 22.9 Å². The summed E-state index contributed by atoms with van der Waals surface area (Å²) in [5.41, 5.74) is 3.85. The van der Waals surface area contributed by atoms with Gasteiger partial charge in [-0.3, -0.25) is 4.79 Å². The van der Waals surface area contributed by atoms with E-state index in [0.29, 0.717) is 10.5 Å². The number of hydrogen-bond donors (Lipinski definition) is 0. The monoisotopic (exact) mass is 437 g/mol. The largest absolute Gasteiger partial charge is 0.335 e. The van der Waals surface area contributed by atoms with Crippen LogP contribution in [0.1, 0.15) is 38.2 Å². The van der Waals surface area contributed by atoms with Gasteiger partial charge in [0.25, 0.3) is 5.91 Å². The molecule has 0 saturated carbocycles. The average molecular weight is 438 g/mol. The summed E-state index contributed by atoms with van der Waals surface area (Å²) in [5.74, 6) is 0.0702. The number of pyridine rings is 1. The molecule has 144 valence electrons. The van der Waals surface area contributed by atoms with E-state index < -0.39 is 0 Å². The third kappa shape index (κ3) is 3.63. The first-order valence-corrected chi connectivity index (χ1v) is 10.7. The minimum atomic E-state index is 0.0702. The molecule has 1 aromatic carbocycles. The summed E-state index contributed by atoms with van der Waals surface area (Å²) in [6.07, 6.45) is 8.25. The Morgan fingerprint density at radius 3 is 2.75 bits per heavy atom. The number of amides is 1. The predicted octanol–water partition coefficient (Wildman–Crippen LogP) is 5.53. The van der Waals surface area contributed by atoms with Gasteiger partial charge in [0.15, 0.2) is 0 Å². The summed E-state index contributed by atoms with van der Waals surface area (Å²) in [6, 6.07) is 16.4. The van der Waals surface area contributed by atoms with Gasteiger partial charge in [-0.1, -0.05) is 43.3 Å². The van der Waals surface area contributed by atoms with Gasteiger partial charge in [0, 0.05) is 29.9 Å². The maximum absolute atomic E-state index is 13.2. The van der Waals surface area contributed by atoms with Crippen molar-refractivity contribution in [3.8, 4) is 11.3 Å². The van der Waals surface area contributed by atoms with Gasteiger partial charge < -0.3 is 4.90 Å². The maximum atomic E-state index is 13.2. The molecule has 0 radical (unpaired) electrons. The van der Waals surface area contributed by atoms with E-state index in [0.717, 1.165) is 48.1 Å². The second kappa shape index (κ2) is 8.31. The fourth-order valence-electron chi connectivity index (χ4n) is 3.99. The van der Waals surface area contributed by atoms with Crippen molar-refractivity contribution >= 4 is 33.4 Å². The number of nitrogens with zero attached hydrogens (tertiary/aromatic N) is 3. The molecular formula is C23H24BrN3O. The van der Waals surface area contributed by atoms with E-state index in [4.69, 9.17) is 5.10 Å². The highest BCUT2D eigenvalue weighted by atomic mass is 79.9. The maximum Gasteiger partial charge on any atom is 0.261 e. The SMILES string of the molecule is CCC1CCCCN1C(=O)C(Br)=Cc1c(-c2ccccc2)nn2ccccc12. The fourth-order valence-corrected chi connectivity index (χ4v) is 4.44. The second-order valence-corrected chi connectivity index (χ2v) is 8.06. The second-order valence-electron chi connectivity index (χ2n) is 7.21. The van der Waals surface area contributed by atoms with E-state index in [9.17, 15) is 4.79 Å². The molecule has 0 bridgehead atoms. The molecule has 1 unspecified atom stereocenters. The van der Waals surface area contributed by atoms with Gasteiger partial charge in [0.2, 0.25) is 0 Å². The van der Waals surface area contributed by atoms with Crippen LogP contribution in [0.5, 0.6) is 0 Å². The van der Waals surface area contributed by atoms with Crippen molar-refractivity contribution in [3.63, 3.8) is 0 Å². The van der Waals surface area contributed by atoms with Crippen molar-refractivity contribution in [3.05, 3.63) is 64.8 Å². The first-order chi connectivity index (χ1) is 13.7. The number of likely N-dealkylation sites (tertiary alicyclic amines) is 1. The van der Waals surface area contributed by atoms with Gasteiger partial charge in [-0.25, -0.2) is 4.52 Å². The number of hydrogen-bond acceptors (Lipinski definition) is 2. The van der Waals surface area contributed by atoms with Crippen molar-refractivity contribution in [1.29, 1.82) is 0 Å². The number of carbonyl (C=O) groups excluding carboxylic acids is 1. The molecule has 0 aliphatic carbocycles. The van der Waals surface area contributed by atoms with Crippen LogP contribution in [0.2, 0.25) is 0 Å². The lowest BCUT2D eigenvalue weighted by Gasteiger charge is -2.35. The van der Waals surface area contributed by atoms with Crippen LogP contribution in [-0.4, -0.2) is 33.0 Å². The fraction of sp³-hybridized carbons (Fsp3) is 0.304. The number of carbonyl (C=O) groups is 1. The van der Waals surface area contributed by atoms with Crippen LogP contribution >= 0.6 is 15.9 Å². The van der Waals surface area contributed by atoms with Gasteiger partial charge in [0.1, 0.15) is 5.69 Å². The molecule has 0 spiro atoms. The Morgan fingerprint density at radius 2 is 1.96 bits per heavy atom. The zero-order chi connectivity index (χ0) is 19.5. The van der Waals surface area contributed by atoms with E-state index >= 15 is 0 Å². The van der Waals surface area contributed by atoms with Crippen LogP contribution in [0, 0.1) is 0 Å². The molecule has 3 heterocycles. The summed E-state index contributed by atoms with van der Waals surface area (Å²) in [7, 11) is 0. The number of rotatable bonds is 4. The Bertz CT molecular complexity index is 1010. The molecule has 1 fully saturated rings. The number of halogens is 1. The average Bonchev–Trinajstić information content (AvgIpc) is 3.12. The molecule has 1 amide bonds. The summed E-state index contributed by atoms with van der Waals surface area (Å²) >= 11 is 3.58.